The predicted molar refractivity (Wildman–Crippen MR) is 144 cm³/mol. The number of aryl methyl sites for hydroxylation is 1. The number of halogens is 2. The molecule has 9 nitrogen and oxygen atoms in total. The molecule has 4 aromatic rings. The van der Waals surface area contributed by atoms with Gasteiger partial charge in [-0.2, -0.15) is 13.5 Å². The van der Waals surface area contributed by atoms with E-state index in [0.29, 0.717) is 39.4 Å². The molecule has 0 aliphatic heterocycles. The van der Waals surface area contributed by atoms with E-state index in [9.17, 15) is 22.9 Å². The van der Waals surface area contributed by atoms with E-state index in [-0.39, 0.29) is 51.5 Å². The van der Waals surface area contributed by atoms with Crippen LogP contribution < -0.4 is 44.7 Å². The molecule has 0 bridgehead atoms. The van der Waals surface area contributed by atoms with Crippen LogP contribution in [0.4, 0.5) is 17.1 Å². The summed E-state index contributed by atoms with van der Waals surface area (Å²) in [6.45, 7) is 3.72. The molecule has 0 radical (unpaired) electrons. The Hall–Kier alpha value is -2.70. The molecule has 0 aromatic heterocycles. The Morgan fingerprint density at radius 1 is 1.03 bits per heavy atom. The zero-order valence-corrected chi connectivity index (χ0v) is 25.4. The fourth-order valence-corrected chi connectivity index (χ4v) is 5.07. The molecule has 0 fully saturated rings. The Kier molecular flexibility index (Phi) is 10.0. The van der Waals surface area contributed by atoms with Crippen LogP contribution in [0.2, 0.25) is 10.0 Å². The van der Waals surface area contributed by atoms with E-state index < -0.39 is 26.7 Å². The van der Waals surface area contributed by atoms with Crippen LogP contribution in [0.5, 0.6) is 11.5 Å². The van der Waals surface area contributed by atoms with Gasteiger partial charge in [0.05, 0.1) is 12.3 Å². The summed E-state index contributed by atoms with van der Waals surface area (Å²) >= 11 is 12.1. The second-order valence-corrected chi connectivity index (χ2v) is 10.4. The first kappa shape index (κ1) is 30.8. The zero-order valence-electron chi connectivity index (χ0n) is 21.0. The van der Waals surface area contributed by atoms with Gasteiger partial charge in [-0.25, -0.2) is 0 Å². The van der Waals surface area contributed by atoms with Crippen LogP contribution in [0.1, 0.15) is 22.8 Å². The Labute approximate surface area is 256 Å². The summed E-state index contributed by atoms with van der Waals surface area (Å²) in [5.74, 6) is -1.01. The average molecular weight is 596 g/mol. The van der Waals surface area contributed by atoms with E-state index in [0.717, 1.165) is 6.07 Å². The fourth-order valence-electron chi connectivity index (χ4n) is 3.79. The molecule has 4 aromatic carbocycles. The Morgan fingerprint density at radius 3 is 2.38 bits per heavy atom. The summed E-state index contributed by atoms with van der Waals surface area (Å²) in [4.78, 5) is 12.6. The predicted octanol–water partition coefficient (Wildman–Crippen LogP) is 3.85. The molecule has 4 rings (SSSR count). The molecule has 0 unspecified atom stereocenters. The van der Waals surface area contributed by atoms with E-state index in [1.165, 1.54) is 25.1 Å². The fraction of sp³-hybridized carbons (Fsp3) is 0.115. The van der Waals surface area contributed by atoms with Gasteiger partial charge < -0.3 is 15.2 Å². The van der Waals surface area contributed by atoms with Gasteiger partial charge in [-0.05, 0) is 55.1 Å². The molecule has 0 heterocycles. The van der Waals surface area contributed by atoms with Crippen molar-refractivity contribution in [3.63, 3.8) is 0 Å². The van der Waals surface area contributed by atoms with Crippen molar-refractivity contribution < 1.29 is 57.2 Å². The summed E-state index contributed by atoms with van der Waals surface area (Å²) in [5, 5.41) is 25.4. The smallest absolute Gasteiger partial charge is 0.870 e. The first-order valence-electron chi connectivity index (χ1n) is 11.1. The number of rotatable bonds is 7. The van der Waals surface area contributed by atoms with Crippen molar-refractivity contribution in [2.45, 2.75) is 18.7 Å². The largest absolute Gasteiger partial charge is 1.00 e. The molecule has 13 heteroatoms. The number of benzene rings is 4. The van der Waals surface area contributed by atoms with Crippen LogP contribution >= 0.6 is 23.2 Å². The number of nitrogens with one attached hydrogen (secondary N) is 1. The van der Waals surface area contributed by atoms with Gasteiger partial charge in [0.25, 0.3) is 16.0 Å². The Bertz CT molecular complexity index is 1710. The van der Waals surface area contributed by atoms with Crippen LogP contribution in [0.3, 0.4) is 0 Å². The summed E-state index contributed by atoms with van der Waals surface area (Å²) in [6, 6.07) is 15.3. The minimum absolute atomic E-state index is 0. The van der Waals surface area contributed by atoms with Crippen LogP contribution in [0.25, 0.3) is 10.8 Å². The first-order valence-corrected chi connectivity index (χ1v) is 13.3. The van der Waals surface area contributed by atoms with Gasteiger partial charge >= 0.3 is 29.6 Å². The zero-order chi connectivity index (χ0) is 27.6. The Balaban J connectivity index is 0.00000420. The number of fused-ring (bicyclic) bond motifs is 1. The van der Waals surface area contributed by atoms with E-state index >= 15 is 0 Å². The number of anilines is 1. The summed E-state index contributed by atoms with van der Waals surface area (Å²) in [5.41, 5.74) is 0.00266. The quantitative estimate of drug-likeness (QED) is 0.189. The maximum atomic E-state index is 13.4. The number of carbonyl (C=O) groups is 1. The Morgan fingerprint density at radius 2 is 1.69 bits per heavy atom. The third kappa shape index (κ3) is 7.09. The van der Waals surface area contributed by atoms with Crippen LogP contribution in [0.15, 0.2) is 75.8 Å². The third-order valence-corrected chi connectivity index (χ3v) is 6.72. The van der Waals surface area contributed by atoms with Crippen molar-refractivity contribution in [3.05, 3.63) is 81.8 Å². The number of nitrogens with zero attached hydrogens (tertiary/aromatic N) is 2. The van der Waals surface area contributed by atoms with Crippen molar-refractivity contribution in [1.29, 1.82) is 0 Å². The van der Waals surface area contributed by atoms with Crippen molar-refractivity contribution in [2.75, 3.05) is 11.9 Å². The second-order valence-electron chi connectivity index (χ2n) is 8.13. The topological polar surface area (TPSA) is 140 Å². The van der Waals surface area contributed by atoms with Crippen molar-refractivity contribution in [3.8, 4) is 11.5 Å². The average Bonchev–Trinajstić information content (AvgIpc) is 2.83. The number of hydrogen-bond acceptors (Lipinski definition) is 7. The van der Waals surface area contributed by atoms with Gasteiger partial charge in [0, 0.05) is 32.7 Å². The normalized spacial score (nSPS) is 11.4. The molecule has 196 valence electrons. The SMILES string of the molecule is CCOc1cc(Cl)cc(NC(=O)c2cc3ccccc3c(N=Nc3c(C)cc(Cl)cc3S(=O)(=O)O)c2[O-])c1.[Na+]. The molecule has 0 saturated heterocycles. The number of azo groups is 1. The van der Waals surface area contributed by atoms with Gasteiger partial charge in [0.1, 0.15) is 16.3 Å². The van der Waals surface area contributed by atoms with Crippen molar-refractivity contribution in [1.82, 2.24) is 0 Å². The van der Waals surface area contributed by atoms with Gasteiger partial charge in [-0.1, -0.05) is 53.2 Å². The second kappa shape index (κ2) is 12.6. The third-order valence-electron chi connectivity index (χ3n) is 5.42. The van der Waals surface area contributed by atoms with Gasteiger partial charge in [-0.15, -0.1) is 5.11 Å². The molecule has 0 aliphatic carbocycles. The van der Waals surface area contributed by atoms with Gasteiger partial charge in [0.2, 0.25) is 0 Å². The molecule has 0 atom stereocenters. The van der Waals surface area contributed by atoms with E-state index in [4.69, 9.17) is 27.9 Å². The summed E-state index contributed by atoms with van der Waals surface area (Å²) in [6.07, 6.45) is 0. The molecule has 0 aliphatic rings. The van der Waals surface area contributed by atoms with Gasteiger partial charge in [0.15, 0.2) is 0 Å². The van der Waals surface area contributed by atoms with Gasteiger partial charge in [-0.3, -0.25) is 9.35 Å². The molecule has 1 amide bonds. The maximum absolute atomic E-state index is 13.4. The first-order chi connectivity index (χ1) is 18.0. The van der Waals surface area contributed by atoms with Crippen LogP contribution in [-0.2, 0) is 10.1 Å². The summed E-state index contributed by atoms with van der Waals surface area (Å²) < 4.78 is 38.9. The molecule has 2 N–H and O–H groups in total. The minimum Gasteiger partial charge on any atom is -0.870 e. The monoisotopic (exact) mass is 595 g/mol. The van der Waals surface area contributed by atoms with Crippen molar-refractivity contribution in [2.24, 2.45) is 10.2 Å². The van der Waals surface area contributed by atoms with Crippen LogP contribution in [0, 0.1) is 6.92 Å². The molecule has 39 heavy (non-hydrogen) atoms. The molecular formula is C26H20Cl2N3NaO6S. The number of amides is 1. The number of hydrogen-bond donors (Lipinski definition) is 2. The molecule has 0 saturated carbocycles. The number of ether oxygens (including phenoxy) is 1. The van der Waals surface area contributed by atoms with E-state index in [1.54, 1.807) is 43.3 Å². The maximum Gasteiger partial charge on any atom is 1.00 e. The minimum atomic E-state index is -4.70. The number of carbonyl (C=O) groups excluding carboxylic acids is 1. The van der Waals surface area contributed by atoms with Crippen LogP contribution in [-0.4, -0.2) is 25.5 Å². The van der Waals surface area contributed by atoms with E-state index in [2.05, 4.69) is 15.5 Å². The standard InChI is InChI=1S/C26H21Cl2N3O6S.Na/c1-3-37-19-11-17(28)10-18(13-19)29-26(33)21-9-15-6-4-5-7-20(15)24(25(21)32)31-30-23-14(2)8-16(27)12-22(23)38(34,35)36;/h4-13,32H,3H2,1-2H3,(H,29,33)(H,34,35,36);/q;+1/p-1. The van der Waals surface area contributed by atoms with Crippen molar-refractivity contribution >= 4 is 67.1 Å². The summed E-state index contributed by atoms with van der Waals surface area (Å²) in [7, 11) is -4.70. The van der Waals surface area contributed by atoms with E-state index in [1.807, 2.05) is 0 Å². The molecule has 0 spiro atoms. The molecular weight excluding hydrogens is 576 g/mol.